The number of nitrogens with one attached hydrogen (secondary N) is 1. The fourth-order valence-corrected chi connectivity index (χ4v) is 3.06. The number of ether oxygens (including phenoxy) is 2. The summed E-state index contributed by atoms with van der Waals surface area (Å²) in [4.78, 5) is 24.7. The van der Waals surface area contributed by atoms with Gasteiger partial charge in [-0.1, -0.05) is 24.3 Å². The van der Waals surface area contributed by atoms with Crippen LogP contribution in [0, 0.1) is 11.3 Å². The maximum absolute atomic E-state index is 12.4. The van der Waals surface area contributed by atoms with E-state index in [0.717, 1.165) is 0 Å². The molecule has 3 aromatic carbocycles. The first-order chi connectivity index (χ1) is 15.0. The first kappa shape index (κ1) is 21.8. The van der Waals surface area contributed by atoms with E-state index in [1.807, 2.05) is 6.07 Å². The van der Waals surface area contributed by atoms with Crippen LogP contribution in [-0.4, -0.2) is 19.0 Å². The van der Waals surface area contributed by atoms with Gasteiger partial charge in [-0.15, -0.1) is 0 Å². The van der Waals surface area contributed by atoms with Gasteiger partial charge in [0.15, 0.2) is 0 Å². The number of nitrogens with zero attached hydrogens (tertiary/aromatic N) is 1. The highest BCUT2D eigenvalue weighted by atomic mass is 79.9. The lowest BCUT2D eigenvalue weighted by atomic mass is 10.1. The molecule has 0 aliphatic carbocycles. The third kappa shape index (κ3) is 5.81. The third-order valence-corrected chi connectivity index (χ3v) is 4.90. The first-order valence-corrected chi connectivity index (χ1v) is 9.93. The minimum absolute atomic E-state index is 0.0613. The van der Waals surface area contributed by atoms with Crippen molar-refractivity contribution in [3.05, 3.63) is 94.0 Å². The second-order valence-electron chi connectivity index (χ2n) is 6.29. The van der Waals surface area contributed by atoms with Gasteiger partial charge in [0.05, 0.1) is 12.7 Å². The van der Waals surface area contributed by atoms with Gasteiger partial charge in [-0.05, 0) is 76.1 Å². The highest BCUT2D eigenvalue weighted by molar-refractivity contribution is 9.10. The number of carbonyl (C=O) groups is 2. The van der Waals surface area contributed by atoms with E-state index in [2.05, 4.69) is 21.2 Å². The molecule has 31 heavy (non-hydrogen) atoms. The number of halogens is 1. The summed E-state index contributed by atoms with van der Waals surface area (Å²) in [5.41, 5.74) is 1.51. The van der Waals surface area contributed by atoms with Gasteiger partial charge in [0, 0.05) is 10.2 Å². The molecule has 154 valence electrons. The van der Waals surface area contributed by atoms with Gasteiger partial charge < -0.3 is 14.8 Å². The quantitative estimate of drug-likeness (QED) is 0.228. The van der Waals surface area contributed by atoms with Crippen molar-refractivity contribution in [1.29, 1.82) is 5.26 Å². The summed E-state index contributed by atoms with van der Waals surface area (Å²) in [7, 11) is 1.55. The van der Waals surface area contributed by atoms with Crippen molar-refractivity contribution in [2.24, 2.45) is 0 Å². The zero-order chi connectivity index (χ0) is 22.2. The van der Waals surface area contributed by atoms with Gasteiger partial charge in [-0.2, -0.15) is 5.26 Å². The Bertz CT molecular complexity index is 1160. The molecule has 1 amide bonds. The predicted octanol–water partition coefficient (Wildman–Crippen LogP) is 5.22. The standard InChI is InChI=1S/C24H17BrN2O4/c1-30-19-12-8-18(9-13-19)27-23(28)17(15-26)14-16-6-10-20(11-7-16)31-24(29)21-4-2-3-5-22(21)25/h2-14H,1H3,(H,27,28)/b17-14+. The van der Waals surface area contributed by atoms with E-state index in [-0.39, 0.29) is 5.57 Å². The fraction of sp³-hybridized carbons (Fsp3) is 0.0417. The van der Waals surface area contributed by atoms with Crippen LogP contribution in [0.1, 0.15) is 15.9 Å². The van der Waals surface area contributed by atoms with E-state index in [1.165, 1.54) is 6.08 Å². The van der Waals surface area contributed by atoms with Gasteiger partial charge in [-0.25, -0.2) is 4.79 Å². The Morgan fingerprint density at radius 1 is 0.968 bits per heavy atom. The number of carbonyl (C=O) groups excluding carboxylic acids is 2. The molecule has 6 nitrogen and oxygen atoms in total. The monoisotopic (exact) mass is 476 g/mol. The highest BCUT2D eigenvalue weighted by Gasteiger charge is 2.12. The zero-order valence-electron chi connectivity index (χ0n) is 16.5. The number of hydrogen-bond donors (Lipinski definition) is 1. The molecule has 0 heterocycles. The van der Waals surface area contributed by atoms with Gasteiger partial charge in [0.1, 0.15) is 23.1 Å². The van der Waals surface area contributed by atoms with E-state index in [0.29, 0.717) is 32.8 Å². The van der Waals surface area contributed by atoms with E-state index in [9.17, 15) is 14.9 Å². The highest BCUT2D eigenvalue weighted by Crippen LogP contribution is 2.21. The van der Waals surface area contributed by atoms with E-state index in [1.54, 1.807) is 79.9 Å². The molecule has 0 aliphatic rings. The summed E-state index contributed by atoms with van der Waals surface area (Å²) in [6.07, 6.45) is 1.46. The maximum Gasteiger partial charge on any atom is 0.344 e. The van der Waals surface area contributed by atoms with Crippen molar-refractivity contribution >= 4 is 39.6 Å². The number of benzene rings is 3. The lowest BCUT2D eigenvalue weighted by Crippen LogP contribution is -2.13. The topological polar surface area (TPSA) is 88.4 Å². The van der Waals surface area contributed by atoms with Gasteiger partial charge in [-0.3, -0.25) is 4.79 Å². The fourth-order valence-electron chi connectivity index (χ4n) is 2.61. The van der Waals surface area contributed by atoms with E-state index >= 15 is 0 Å². The Kier molecular flexibility index (Phi) is 7.20. The molecule has 0 saturated heterocycles. The summed E-state index contributed by atoms with van der Waals surface area (Å²) < 4.78 is 11.1. The molecule has 7 heteroatoms. The van der Waals surface area contributed by atoms with Crippen molar-refractivity contribution in [3.8, 4) is 17.6 Å². The minimum Gasteiger partial charge on any atom is -0.497 e. The largest absolute Gasteiger partial charge is 0.497 e. The third-order valence-electron chi connectivity index (χ3n) is 4.21. The molecule has 0 fully saturated rings. The van der Waals surface area contributed by atoms with Crippen LogP contribution in [-0.2, 0) is 4.79 Å². The molecule has 0 aromatic heterocycles. The summed E-state index contributed by atoms with van der Waals surface area (Å²) in [6.45, 7) is 0. The molecule has 0 spiro atoms. The van der Waals surface area contributed by atoms with Crippen LogP contribution < -0.4 is 14.8 Å². The SMILES string of the molecule is COc1ccc(NC(=O)/C(C#N)=C/c2ccc(OC(=O)c3ccccc3Br)cc2)cc1. The zero-order valence-corrected chi connectivity index (χ0v) is 18.0. The number of amides is 1. The number of nitriles is 1. The first-order valence-electron chi connectivity index (χ1n) is 9.14. The summed E-state index contributed by atoms with van der Waals surface area (Å²) in [5.74, 6) is -0.0157. The van der Waals surface area contributed by atoms with Gasteiger partial charge >= 0.3 is 5.97 Å². The molecule has 0 saturated carbocycles. The number of anilines is 1. The number of esters is 1. The van der Waals surface area contributed by atoms with Crippen molar-refractivity contribution in [3.63, 3.8) is 0 Å². The van der Waals surface area contributed by atoms with Crippen molar-refractivity contribution in [2.75, 3.05) is 12.4 Å². The van der Waals surface area contributed by atoms with E-state index < -0.39 is 11.9 Å². The lowest BCUT2D eigenvalue weighted by molar-refractivity contribution is -0.112. The molecule has 0 bridgehead atoms. The molecule has 0 radical (unpaired) electrons. The van der Waals surface area contributed by atoms with Crippen LogP contribution in [0.15, 0.2) is 82.8 Å². The molecule has 0 unspecified atom stereocenters. The van der Waals surface area contributed by atoms with Crippen LogP contribution in [0.4, 0.5) is 5.69 Å². The minimum atomic E-state index is -0.530. The number of hydrogen-bond acceptors (Lipinski definition) is 5. The summed E-state index contributed by atoms with van der Waals surface area (Å²) >= 11 is 3.32. The summed E-state index contributed by atoms with van der Waals surface area (Å²) in [6, 6.07) is 22.1. The molecule has 0 atom stereocenters. The van der Waals surface area contributed by atoms with Gasteiger partial charge in [0.25, 0.3) is 5.91 Å². The lowest BCUT2D eigenvalue weighted by Gasteiger charge is -2.07. The number of methoxy groups -OCH3 is 1. The molecular formula is C24H17BrN2O4. The Morgan fingerprint density at radius 2 is 1.61 bits per heavy atom. The van der Waals surface area contributed by atoms with Crippen molar-refractivity contribution in [1.82, 2.24) is 0 Å². The van der Waals surface area contributed by atoms with Crippen LogP contribution in [0.3, 0.4) is 0 Å². The average Bonchev–Trinajstić information content (AvgIpc) is 2.79. The molecule has 3 aromatic rings. The molecule has 3 rings (SSSR count). The smallest absolute Gasteiger partial charge is 0.344 e. The number of rotatable bonds is 6. The average molecular weight is 477 g/mol. The Balaban J connectivity index is 1.68. The van der Waals surface area contributed by atoms with Crippen LogP contribution >= 0.6 is 15.9 Å². The second kappa shape index (κ2) is 10.2. The second-order valence-corrected chi connectivity index (χ2v) is 7.15. The van der Waals surface area contributed by atoms with Crippen LogP contribution in [0.2, 0.25) is 0 Å². The summed E-state index contributed by atoms with van der Waals surface area (Å²) in [5, 5.41) is 12.0. The maximum atomic E-state index is 12.4. The van der Waals surface area contributed by atoms with Crippen LogP contribution in [0.25, 0.3) is 6.08 Å². The molecular weight excluding hydrogens is 460 g/mol. The molecule has 1 N–H and O–H groups in total. The normalized spacial score (nSPS) is 10.7. The van der Waals surface area contributed by atoms with Crippen LogP contribution in [0.5, 0.6) is 11.5 Å². The molecule has 0 aliphatic heterocycles. The predicted molar refractivity (Wildman–Crippen MR) is 121 cm³/mol. The van der Waals surface area contributed by atoms with Crippen molar-refractivity contribution < 1.29 is 19.1 Å². The van der Waals surface area contributed by atoms with Gasteiger partial charge in [0.2, 0.25) is 0 Å². The van der Waals surface area contributed by atoms with E-state index in [4.69, 9.17) is 9.47 Å². The van der Waals surface area contributed by atoms with Crippen molar-refractivity contribution in [2.45, 2.75) is 0 Å². The Morgan fingerprint density at radius 3 is 2.23 bits per heavy atom. The Hall–Kier alpha value is -3.89. The Labute approximate surface area is 187 Å².